The molecule has 1 heterocycles. The first-order valence-electron chi connectivity index (χ1n) is 7.63. The number of hydrogen-bond acceptors (Lipinski definition) is 3. The van der Waals surface area contributed by atoms with Gasteiger partial charge >= 0.3 is 0 Å². The van der Waals surface area contributed by atoms with Crippen LogP contribution in [-0.4, -0.2) is 11.8 Å². The average Bonchev–Trinajstić information content (AvgIpc) is 3.10. The van der Waals surface area contributed by atoms with Gasteiger partial charge in [-0.25, -0.2) is 0 Å². The Labute approximate surface area is 134 Å². The monoisotopic (exact) mass is 310 g/mol. The molecule has 0 radical (unpaired) electrons. The highest BCUT2D eigenvalue weighted by atomic mass is 16.3. The van der Waals surface area contributed by atoms with Crippen molar-refractivity contribution in [1.82, 2.24) is 0 Å². The molecule has 0 saturated heterocycles. The summed E-state index contributed by atoms with van der Waals surface area (Å²) >= 11 is 0. The number of amides is 2. The molecule has 2 amide bonds. The Kier molecular flexibility index (Phi) is 4.57. The van der Waals surface area contributed by atoms with Crippen LogP contribution in [0.15, 0.2) is 59.2 Å². The summed E-state index contributed by atoms with van der Waals surface area (Å²) in [6, 6.07) is 10.3. The van der Waals surface area contributed by atoms with E-state index in [4.69, 9.17) is 4.42 Å². The van der Waals surface area contributed by atoms with E-state index >= 15 is 0 Å². The second-order valence-corrected chi connectivity index (χ2v) is 5.48. The smallest absolute Gasteiger partial charge is 0.291 e. The summed E-state index contributed by atoms with van der Waals surface area (Å²) in [5.74, 6) is -0.0467. The van der Waals surface area contributed by atoms with E-state index in [-0.39, 0.29) is 23.5 Å². The third-order valence-corrected chi connectivity index (χ3v) is 3.77. The lowest BCUT2D eigenvalue weighted by atomic mass is 9.93. The molecular weight excluding hydrogens is 292 g/mol. The van der Waals surface area contributed by atoms with Crippen LogP contribution < -0.4 is 10.6 Å². The van der Waals surface area contributed by atoms with Gasteiger partial charge in [0.05, 0.1) is 6.26 Å². The summed E-state index contributed by atoms with van der Waals surface area (Å²) in [5.41, 5.74) is 1.27. The molecule has 1 unspecified atom stereocenters. The number of rotatable bonds is 4. The fraction of sp³-hybridized carbons (Fsp3) is 0.222. The molecule has 5 heteroatoms. The molecule has 0 fully saturated rings. The predicted octanol–water partition coefficient (Wildman–Crippen LogP) is 3.83. The minimum absolute atomic E-state index is 0.0152. The number of nitrogens with one attached hydrogen (secondary N) is 2. The maximum atomic E-state index is 12.2. The van der Waals surface area contributed by atoms with Gasteiger partial charge in [0.1, 0.15) is 0 Å². The van der Waals surface area contributed by atoms with E-state index in [1.165, 1.54) is 6.26 Å². The second-order valence-electron chi connectivity index (χ2n) is 5.48. The molecule has 5 nitrogen and oxygen atoms in total. The molecule has 0 spiro atoms. The van der Waals surface area contributed by atoms with Gasteiger partial charge < -0.3 is 15.1 Å². The van der Waals surface area contributed by atoms with Crippen molar-refractivity contribution in [3.8, 4) is 0 Å². The van der Waals surface area contributed by atoms with E-state index < -0.39 is 0 Å². The number of allylic oxidation sites excluding steroid dienone is 2. The molecule has 2 N–H and O–H groups in total. The molecular formula is C18H18N2O3. The van der Waals surface area contributed by atoms with Crippen molar-refractivity contribution in [2.45, 2.75) is 19.3 Å². The Balaban J connectivity index is 1.64. The van der Waals surface area contributed by atoms with Gasteiger partial charge in [-0.2, -0.15) is 0 Å². The van der Waals surface area contributed by atoms with Gasteiger partial charge in [0.15, 0.2) is 5.76 Å². The van der Waals surface area contributed by atoms with E-state index in [0.29, 0.717) is 11.4 Å². The molecule has 3 rings (SSSR count). The average molecular weight is 310 g/mol. The van der Waals surface area contributed by atoms with Crippen LogP contribution in [0.3, 0.4) is 0 Å². The number of carbonyl (C=O) groups is 2. The van der Waals surface area contributed by atoms with E-state index in [1.807, 2.05) is 6.08 Å². The van der Waals surface area contributed by atoms with Gasteiger partial charge in [-0.15, -0.1) is 0 Å². The fourth-order valence-electron chi connectivity index (χ4n) is 2.55. The van der Waals surface area contributed by atoms with Gasteiger partial charge in [0, 0.05) is 17.3 Å². The summed E-state index contributed by atoms with van der Waals surface area (Å²) in [6.45, 7) is 0. The third-order valence-electron chi connectivity index (χ3n) is 3.77. The molecule has 1 aliphatic carbocycles. The van der Waals surface area contributed by atoms with E-state index in [9.17, 15) is 9.59 Å². The topological polar surface area (TPSA) is 71.3 Å². The van der Waals surface area contributed by atoms with E-state index in [1.54, 1.807) is 36.4 Å². The van der Waals surface area contributed by atoms with Crippen molar-refractivity contribution in [3.63, 3.8) is 0 Å². The van der Waals surface area contributed by atoms with Crippen LogP contribution in [-0.2, 0) is 4.79 Å². The Morgan fingerprint density at radius 3 is 2.57 bits per heavy atom. The van der Waals surface area contributed by atoms with Gasteiger partial charge in [0.2, 0.25) is 5.91 Å². The minimum atomic E-state index is -0.323. The molecule has 1 aromatic carbocycles. The molecule has 0 bridgehead atoms. The first-order chi connectivity index (χ1) is 11.2. The van der Waals surface area contributed by atoms with Crippen LogP contribution in [0.25, 0.3) is 0 Å². The Bertz CT molecular complexity index is 720. The standard InChI is InChI=1S/C18H18N2O3/c21-17(13-6-2-1-3-7-13)19-14-8-4-9-15(12-14)20-18(22)16-10-5-11-23-16/h1-2,4-5,8-13H,3,6-7H2,(H,19,21)(H,20,22). The van der Waals surface area contributed by atoms with Crippen molar-refractivity contribution >= 4 is 23.2 Å². The summed E-state index contributed by atoms with van der Waals surface area (Å²) in [5, 5.41) is 5.65. The number of furan rings is 1. The maximum Gasteiger partial charge on any atom is 0.291 e. The zero-order valence-electron chi connectivity index (χ0n) is 12.6. The van der Waals surface area contributed by atoms with E-state index in [2.05, 4.69) is 16.7 Å². The van der Waals surface area contributed by atoms with Gasteiger partial charge in [-0.3, -0.25) is 9.59 Å². The van der Waals surface area contributed by atoms with Crippen LogP contribution in [0.4, 0.5) is 11.4 Å². The van der Waals surface area contributed by atoms with Crippen molar-refractivity contribution in [2.24, 2.45) is 5.92 Å². The highest BCUT2D eigenvalue weighted by molar-refractivity contribution is 6.02. The fourth-order valence-corrected chi connectivity index (χ4v) is 2.55. The number of hydrogen-bond donors (Lipinski definition) is 2. The second kappa shape index (κ2) is 6.96. The predicted molar refractivity (Wildman–Crippen MR) is 88.2 cm³/mol. The molecule has 23 heavy (non-hydrogen) atoms. The third kappa shape index (κ3) is 3.88. The van der Waals surface area contributed by atoms with Crippen molar-refractivity contribution < 1.29 is 14.0 Å². The quantitative estimate of drug-likeness (QED) is 0.843. The molecule has 1 atom stereocenters. The molecule has 2 aromatic rings. The molecule has 1 aromatic heterocycles. The first-order valence-corrected chi connectivity index (χ1v) is 7.63. The zero-order valence-corrected chi connectivity index (χ0v) is 12.6. The highest BCUT2D eigenvalue weighted by Gasteiger charge is 2.18. The van der Waals surface area contributed by atoms with Gasteiger partial charge in [0.25, 0.3) is 5.91 Å². The highest BCUT2D eigenvalue weighted by Crippen LogP contribution is 2.22. The van der Waals surface area contributed by atoms with Gasteiger partial charge in [-0.1, -0.05) is 18.2 Å². The van der Waals surface area contributed by atoms with Gasteiger partial charge in [-0.05, 0) is 49.6 Å². The Morgan fingerprint density at radius 2 is 1.87 bits per heavy atom. The maximum absolute atomic E-state index is 12.2. The molecule has 1 aliphatic rings. The normalized spacial score (nSPS) is 16.8. The van der Waals surface area contributed by atoms with Crippen molar-refractivity contribution in [2.75, 3.05) is 10.6 Å². The lowest BCUT2D eigenvalue weighted by molar-refractivity contribution is -0.120. The summed E-state index contributed by atoms with van der Waals surface area (Å²) in [4.78, 5) is 24.2. The van der Waals surface area contributed by atoms with Crippen molar-refractivity contribution in [1.29, 1.82) is 0 Å². The first kappa shape index (κ1) is 15.1. The summed E-state index contributed by atoms with van der Waals surface area (Å²) in [7, 11) is 0. The van der Waals surface area contributed by atoms with Crippen LogP contribution >= 0.6 is 0 Å². The lowest BCUT2D eigenvalue weighted by Crippen LogP contribution is -2.23. The molecule has 0 saturated carbocycles. The number of anilines is 2. The zero-order chi connectivity index (χ0) is 16.1. The van der Waals surface area contributed by atoms with Crippen LogP contribution in [0.2, 0.25) is 0 Å². The Hall–Kier alpha value is -2.82. The van der Waals surface area contributed by atoms with Crippen LogP contribution in [0.1, 0.15) is 29.8 Å². The SMILES string of the molecule is O=C(Nc1cccc(NC(=O)C2CC=CCC2)c1)c1ccco1. The summed E-state index contributed by atoms with van der Waals surface area (Å²) < 4.78 is 5.05. The van der Waals surface area contributed by atoms with Crippen LogP contribution in [0.5, 0.6) is 0 Å². The lowest BCUT2D eigenvalue weighted by Gasteiger charge is -2.17. The Morgan fingerprint density at radius 1 is 1.04 bits per heavy atom. The minimum Gasteiger partial charge on any atom is -0.459 e. The number of carbonyl (C=O) groups excluding carboxylic acids is 2. The number of benzene rings is 1. The molecule has 118 valence electrons. The van der Waals surface area contributed by atoms with Crippen molar-refractivity contribution in [3.05, 3.63) is 60.6 Å². The largest absolute Gasteiger partial charge is 0.459 e. The van der Waals surface area contributed by atoms with Crippen LogP contribution in [0, 0.1) is 5.92 Å². The van der Waals surface area contributed by atoms with E-state index in [0.717, 1.165) is 19.3 Å². The molecule has 0 aliphatic heterocycles. The summed E-state index contributed by atoms with van der Waals surface area (Å²) in [6.07, 6.45) is 8.20.